The third-order valence-electron chi connectivity index (χ3n) is 3.34. The van der Waals surface area contributed by atoms with Gasteiger partial charge in [-0.05, 0) is 24.3 Å². The predicted octanol–water partition coefficient (Wildman–Crippen LogP) is 4.99. The molecule has 0 saturated carbocycles. The van der Waals surface area contributed by atoms with E-state index in [1.807, 2.05) is 0 Å². The summed E-state index contributed by atoms with van der Waals surface area (Å²) < 4.78 is 66.5. The van der Waals surface area contributed by atoms with Gasteiger partial charge in [0.2, 0.25) is 34.8 Å². The van der Waals surface area contributed by atoms with Crippen molar-refractivity contribution in [2.24, 2.45) is 0 Å². The van der Waals surface area contributed by atoms with Crippen LogP contribution in [0, 0.1) is 23.3 Å². The van der Waals surface area contributed by atoms with Gasteiger partial charge in [-0.1, -0.05) is 12.1 Å². The van der Waals surface area contributed by atoms with Crippen LogP contribution < -0.4 is 20.9 Å². The Labute approximate surface area is 145 Å². The van der Waals surface area contributed by atoms with E-state index in [4.69, 9.17) is 20.9 Å². The maximum Gasteiger partial charge on any atom is 0.214 e. The molecule has 0 heterocycles. The molecule has 134 valence electrons. The summed E-state index contributed by atoms with van der Waals surface area (Å²) in [7, 11) is 0. The molecule has 0 saturated heterocycles. The highest BCUT2D eigenvalue weighted by molar-refractivity contribution is 5.49. The number of benzene rings is 3. The molecule has 0 aromatic heterocycles. The lowest BCUT2D eigenvalue weighted by molar-refractivity contribution is 0.330. The zero-order valence-electron chi connectivity index (χ0n) is 13.1. The summed E-state index contributed by atoms with van der Waals surface area (Å²) in [6.07, 6.45) is 0. The molecule has 0 bridgehead atoms. The van der Waals surface area contributed by atoms with Crippen LogP contribution in [0.2, 0.25) is 0 Å². The van der Waals surface area contributed by atoms with Crippen molar-refractivity contribution in [3.8, 4) is 23.0 Å². The Morgan fingerprint density at radius 2 is 1.00 bits per heavy atom. The molecule has 26 heavy (non-hydrogen) atoms. The summed E-state index contributed by atoms with van der Waals surface area (Å²) in [6.45, 7) is 0. The molecule has 0 fully saturated rings. The minimum absolute atomic E-state index is 0.0660. The average Bonchev–Trinajstić information content (AvgIpc) is 2.61. The van der Waals surface area contributed by atoms with Gasteiger partial charge in [0.05, 0.1) is 0 Å². The lowest BCUT2D eigenvalue weighted by Crippen LogP contribution is -2.04. The van der Waals surface area contributed by atoms with E-state index in [2.05, 4.69) is 0 Å². The molecule has 4 nitrogen and oxygen atoms in total. The zero-order chi connectivity index (χ0) is 18.8. The first-order valence-electron chi connectivity index (χ1n) is 7.29. The Hall–Kier alpha value is -3.42. The second-order valence-electron chi connectivity index (χ2n) is 5.26. The highest BCUT2D eigenvalue weighted by atomic mass is 19.2. The number of halogens is 4. The zero-order valence-corrected chi connectivity index (χ0v) is 13.1. The van der Waals surface area contributed by atoms with Crippen molar-refractivity contribution in [3.05, 3.63) is 71.8 Å². The van der Waals surface area contributed by atoms with Crippen molar-refractivity contribution < 1.29 is 27.0 Å². The van der Waals surface area contributed by atoms with Crippen LogP contribution in [0.5, 0.6) is 23.0 Å². The van der Waals surface area contributed by atoms with Gasteiger partial charge in [0.25, 0.3) is 0 Å². The van der Waals surface area contributed by atoms with Gasteiger partial charge in [-0.15, -0.1) is 0 Å². The Kier molecular flexibility index (Phi) is 4.57. The molecule has 0 unspecified atom stereocenters. The third kappa shape index (κ3) is 3.34. The van der Waals surface area contributed by atoms with E-state index in [1.165, 1.54) is 48.5 Å². The van der Waals surface area contributed by atoms with Crippen LogP contribution in [0.25, 0.3) is 0 Å². The predicted molar refractivity (Wildman–Crippen MR) is 88.1 cm³/mol. The summed E-state index contributed by atoms with van der Waals surface area (Å²) in [5.74, 6) is -9.60. The van der Waals surface area contributed by atoms with Crippen molar-refractivity contribution in [1.29, 1.82) is 0 Å². The van der Waals surface area contributed by atoms with Crippen molar-refractivity contribution in [1.82, 2.24) is 0 Å². The number of hydrogen-bond donors (Lipinski definition) is 2. The van der Waals surface area contributed by atoms with Crippen LogP contribution in [0.15, 0.2) is 48.5 Å². The van der Waals surface area contributed by atoms with Crippen molar-refractivity contribution in [3.63, 3.8) is 0 Å². The molecule has 0 spiro atoms. The first kappa shape index (κ1) is 17.4. The SMILES string of the molecule is Nc1cccc(Oc2c(F)c(F)c(F)c(Oc3cccc(N)c3)c2F)c1. The van der Waals surface area contributed by atoms with E-state index in [0.29, 0.717) is 0 Å². The summed E-state index contributed by atoms with van der Waals surface area (Å²) in [5.41, 5.74) is 11.6. The quantitative estimate of drug-likeness (QED) is 0.296. The van der Waals surface area contributed by atoms with E-state index in [0.717, 1.165) is 0 Å². The molecule has 0 aliphatic carbocycles. The summed E-state index contributed by atoms with van der Waals surface area (Å²) >= 11 is 0. The number of anilines is 2. The fraction of sp³-hybridized carbons (Fsp3) is 0. The normalized spacial score (nSPS) is 10.6. The molecule has 3 rings (SSSR count). The summed E-state index contributed by atoms with van der Waals surface area (Å²) in [4.78, 5) is 0. The summed E-state index contributed by atoms with van der Waals surface area (Å²) in [6, 6.07) is 11.2. The maximum absolute atomic E-state index is 14.6. The van der Waals surface area contributed by atoms with Gasteiger partial charge in [0.1, 0.15) is 11.5 Å². The largest absolute Gasteiger partial charge is 0.451 e. The number of ether oxygens (including phenoxy) is 2. The molecule has 0 amide bonds. The van der Waals surface area contributed by atoms with Gasteiger partial charge in [-0.2, -0.15) is 13.2 Å². The van der Waals surface area contributed by atoms with Crippen LogP contribution in [0.4, 0.5) is 28.9 Å². The van der Waals surface area contributed by atoms with Crippen LogP contribution in [-0.2, 0) is 0 Å². The van der Waals surface area contributed by atoms with E-state index in [-0.39, 0.29) is 22.9 Å². The molecule has 4 N–H and O–H groups in total. The Bertz CT molecular complexity index is 905. The van der Waals surface area contributed by atoms with Gasteiger partial charge in [0.15, 0.2) is 0 Å². The topological polar surface area (TPSA) is 70.5 Å². The molecular weight excluding hydrogens is 352 g/mol. The molecule has 0 aliphatic rings. The van der Waals surface area contributed by atoms with Crippen LogP contribution in [0.3, 0.4) is 0 Å². The highest BCUT2D eigenvalue weighted by Crippen LogP contribution is 2.39. The van der Waals surface area contributed by atoms with Crippen LogP contribution in [0.1, 0.15) is 0 Å². The second kappa shape index (κ2) is 6.83. The Morgan fingerprint density at radius 3 is 1.38 bits per heavy atom. The molecule has 3 aromatic carbocycles. The van der Waals surface area contributed by atoms with Crippen molar-refractivity contribution >= 4 is 11.4 Å². The number of nitrogens with two attached hydrogens (primary N) is 2. The maximum atomic E-state index is 14.6. The van der Waals surface area contributed by atoms with Crippen LogP contribution in [-0.4, -0.2) is 0 Å². The Balaban J connectivity index is 2.06. The smallest absolute Gasteiger partial charge is 0.214 e. The van der Waals surface area contributed by atoms with E-state index in [1.54, 1.807) is 0 Å². The fourth-order valence-electron chi connectivity index (χ4n) is 2.16. The van der Waals surface area contributed by atoms with E-state index >= 15 is 0 Å². The molecule has 8 heteroatoms. The first-order chi connectivity index (χ1) is 12.4. The van der Waals surface area contributed by atoms with Gasteiger partial charge >= 0.3 is 0 Å². The number of nitrogen functional groups attached to an aromatic ring is 2. The van der Waals surface area contributed by atoms with E-state index < -0.39 is 34.8 Å². The minimum atomic E-state index is -1.94. The molecule has 3 aromatic rings. The molecular formula is C18H12F4N2O2. The summed E-state index contributed by atoms with van der Waals surface area (Å²) in [5, 5.41) is 0. The minimum Gasteiger partial charge on any atom is -0.451 e. The lowest BCUT2D eigenvalue weighted by Gasteiger charge is -2.14. The lowest BCUT2D eigenvalue weighted by atomic mass is 10.2. The van der Waals surface area contributed by atoms with Crippen molar-refractivity contribution in [2.75, 3.05) is 11.5 Å². The van der Waals surface area contributed by atoms with Gasteiger partial charge in [-0.25, -0.2) is 4.39 Å². The highest BCUT2D eigenvalue weighted by Gasteiger charge is 2.29. The van der Waals surface area contributed by atoms with E-state index in [9.17, 15) is 17.6 Å². The first-order valence-corrected chi connectivity index (χ1v) is 7.29. The van der Waals surface area contributed by atoms with Gasteiger partial charge in [-0.3, -0.25) is 0 Å². The molecule has 0 aliphatic heterocycles. The molecule has 0 atom stereocenters. The average molecular weight is 364 g/mol. The fourth-order valence-corrected chi connectivity index (χ4v) is 2.16. The second-order valence-corrected chi connectivity index (χ2v) is 5.26. The Morgan fingerprint density at radius 1 is 0.577 bits per heavy atom. The van der Waals surface area contributed by atoms with Crippen molar-refractivity contribution in [2.45, 2.75) is 0 Å². The number of hydrogen-bond acceptors (Lipinski definition) is 4. The number of rotatable bonds is 4. The third-order valence-corrected chi connectivity index (χ3v) is 3.34. The standard InChI is InChI=1S/C18H12F4N2O2/c19-13-14(20)17(25-11-5-1-3-9(23)7-11)16(22)18(15(13)21)26-12-6-2-4-10(24)8-12/h1-8H,23-24H2. The van der Waals surface area contributed by atoms with Crippen LogP contribution >= 0.6 is 0 Å². The van der Waals surface area contributed by atoms with Gasteiger partial charge < -0.3 is 20.9 Å². The monoisotopic (exact) mass is 364 g/mol. The van der Waals surface area contributed by atoms with Gasteiger partial charge in [0, 0.05) is 23.5 Å². The molecule has 0 radical (unpaired) electrons.